The number of rotatable bonds is 6. The van der Waals surface area contributed by atoms with Crippen LogP contribution in [0.5, 0.6) is 0 Å². The first-order valence-corrected chi connectivity index (χ1v) is 8.61. The summed E-state index contributed by atoms with van der Waals surface area (Å²) in [5, 5.41) is 12.9. The summed E-state index contributed by atoms with van der Waals surface area (Å²) in [6, 6.07) is 8.86. The number of allylic oxidation sites excluding steroid dienone is 4. The zero-order chi connectivity index (χ0) is 18.4. The van der Waals surface area contributed by atoms with E-state index in [4.69, 9.17) is 0 Å². The highest BCUT2D eigenvalue weighted by atomic mass is 16.3. The van der Waals surface area contributed by atoms with Crippen LogP contribution in [0.15, 0.2) is 65.5 Å². The topological polar surface area (TPSA) is 66.4 Å². The van der Waals surface area contributed by atoms with Gasteiger partial charge >= 0.3 is 0 Å². The number of nitrogens with one attached hydrogen (secondary N) is 1. The quantitative estimate of drug-likeness (QED) is 0.273. The van der Waals surface area contributed by atoms with Gasteiger partial charge in [-0.05, 0) is 24.5 Å². The van der Waals surface area contributed by atoms with Gasteiger partial charge in [-0.2, -0.15) is 0 Å². The average Bonchev–Trinajstić information content (AvgIpc) is 2.87. The Balaban J connectivity index is 2.14. The molecule has 25 heavy (non-hydrogen) atoms. The number of aliphatic hydroxyl groups is 1. The monoisotopic (exact) mass is 340 g/mol. The Morgan fingerprint density at radius 1 is 1.24 bits per heavy atom. The molecular weight excluding hydrogens is 315 g/mol. The second-order valence-electron chi connectivity index (χ2n) is 6.47. The van der Waals surface area contributed by atoms with Crippen LogP contribution in [0.3, 0.4) is 0 Å². The molecule has 1 heterocycles. The van der Waals surface area contributed by atoms with Crippen molar-refractivity contribution >= 4 is 11.7 Å². The van der Waals surface area contributed by atoms with Crippen LogP contribution in [0.1, 0.15) is 32.8 Å². The fraction of sp³-hybridized carbons (Fsp3) is 0.333. The number of carbonyl (C=O) groups is 2. The average molecular weight is 340 g/mol. The van der Waals surface area contributed by atoms with Gasteiger partial charge in [0.2, 0.25) is 0 Å². The standard InChI is InChI=1S/C21H25NO3/c1-4-14(2)12-15(3)10-11-18(23)19-20(24)17(22-21(19)25)13-16-8-6-5-7-9-16/h5-12,14,17,23H,4,13H2,1-3H3,(H,22,25)/b11-10+,15-12+,19-18+/t14?,17-/m1/s1/i20+1. The van der Waals surface area contributed by atoms with Crippen molar-refractivity contribution in [3.63, 3.8) is 0 Å². The summed E-state index contributed by atoms with van der Waals surface area (Å²) >= 11 is 0. The maximum atomic E-state index is 12.5. The van der Waals surface area contributed by atoms with Gasteiger partial charge in [-0.1, -0.05) is 68.3 Å². The number of carbonyl (C=O) groups excluding carboxylic acids is 2. The molecule has 0 radical (unpaired) electrons. The normalized spacial score (nSPS) is 21.6. The Hall–Kier alpha value is -2.62. The predicted molar refractivity (Wildman–Crippen MR) is 99.1 cm³/mol. The minimum Gasteiger partial charge on any atom is -0.507 e. The van der Waals surface area contributed by atoms with Crippen molar-refractivity contribution in [3.05, 3.63) is 71.0 Å². The second-order valence-corrected chi connectivity index (χ2v) is 6.47. The van der Waals surface area contributed by atoms with Crippen molar-refractivity contribution in [3.8, 4) is 0 Å². The van der Waals surface area contributed by atoms with Crippen LogP contribution in [0.2, 0.25) is 0 Å². The summed E-state index contributed by atoms with van der Waals surface area (Å²) in [5.74, 6) is -0.725. The highest BCUT2D eigenvalue weighted by Crippen LogP contribution is 2.18. The summed E-state index contributed by atoms with van der Waals surface area (Å²) in [4.78, 5) is 24.6. The highest BCUT2D eigenvalue weighted by molar-refractivity contribution is 6.27. The molecule has 1 aliphatic heterocycles. The molecule has 1 aromatic carbocycles. The van der Waals surface area contributed by atoms with Crippen molar-refractivity contribution in [2.24, 2.45) is 5.92 Å². The number of hydrogen-bond donors (Lipinski definition) is 2. The van der Waals surface area contributed by atoms with E-state index in [0.717, 1.165) is 17.6 Å². The molecular formula is C21H25NO3. The van der Waals surface area contributed by atoms with Crippen LogP contribution in [-0.4, -0.2) is 22.8 Å². The molecule has 2 rings (SSSR count). The minimum atomic E-state index is -0.628. The second kappa shape index (κ2) is 8.47. The Morgan fingerprint density at radius 3 is 2.56 bits per heavy atom. The summed E-state index contributed by atoms with van der Waals surface area (Å²) in [6.45, 7) is 6.14. The lowest BCUT2D eigenvalue weighted by atomic mass is 10.1. The maximum Gasteiger partial charge on any atom is 0.259 e. The smallest absolute Gasteiger partial charge is 0.259 e. The first-order valence-electron chi connectivity index (χ1n) is 8.61. The molecule has 0 spiro atoms. The lowest BCUT2D eigenvalue weighted by molar-refractivity contribution is -0.117. The molecule has 2 atom stereocenters. The van der Waals surface area contributed by atoms with Gasteiger partial charge in [-0.25, -0.2) is 0 Å². The molecule has 1 aromatic rings. The van der Waals surface area contributed by atoms with Gasteiger partial charge in [-0.15, -0.1) is 0 Å². The molecule has 2 N–H and O–H groups in total. The van der Waals surface area contributed by atoms with Gasteiger partial charge in [0.05, 0.1) is 6.04 Å². The van der Waals surface area contributed by atoms with Gasteiger partial charge in [0.25, 0.3) is 5.91 Å². The van der Waals surface area contributed by atoms with E-state index in [1.807, 2.05) is 37.3 Å². The molecule has 0 saturated carbocycles. The predicted octanol–water partition coefficient (Wildman–Crippen LogP) is 3.66. The maximum absolute atomic E-state index is 12.5. The molecule has 1 aliphatic rings. The largest absolute Gasteiger partial charge is 0.507 e. The van der Waals surface area contributed by atoms with E-state index in [0.29, 0.717) is 12.3 Å². The molecule has 132 valence electrons. The van der Waals surface area contributed by atoms with E-state index in [2.05, 4.69) is 25.2 Å². The molecule has 4 nitrogen and oxygen atoms in total. The van der Waals surface area contributed by atoms with Gasteiger partial charge in [0.15, 0.2) is 5.78 Å². The number of ketones is 1. The number of hydrogen-bond acceptors (Lipinski definition) is 3. The molecule has 1 saturated heterocycles. The van der Waals surface area contributed by atoms with Gasteiger partial charge in [0.1, 0.15) is 11.3 Å². The SMILES string of the molecule is CCC(C)/C=C(C)/C=C/C(O)=C1\C(=O)N[C@H](Cc2ccccc2)[13C]1=O. The number of benzene rings is 1. The van der Waals surface area contributed by atoms with Crippen molar-refractivity contribution in [1.29, 1.82) is 0 Å². The highest BCUT2D eigenvalue weighted by Gasteiger charge is 2.37. The van der Waals surface area contributed by atoms with E-state index in [-0.39, 0.29) is 17.1 Å². The van der Waals surface area contributed by atoms with Crippen molar-refractivity contribution < 1.29 is 14.7 Å². The van der Waals surface area contributed by atoms with E-state index in [1.54, 1.807) is 6.08 Å². The third-order valence-corrected chi connectivity index (χ3v) is 4.33. The molecule has 1 fully saturated rings. The van der Waals surface area contributed by atoms with Crippen molar-refractivity contribution in [2.45, 2.75) is 39.7 Å². The Morgan fingerprint density at radius 2 is 1.92 bits per heavy atom. The Kier molecular flexibility index (Phi) is 6.34. The van der Waals surface area contributed by atoms with Gasteiger partial charge in [-0.3, -0.25) is 9.59 Å². The molecule has 4 heteroatoms. The molecule has 1 unspecified atom stereocenters. The van der Waals surface area contributed by atoms with Crippen molar-refractivity contribution in [2.75, 3.05) is 0 Å². The third-order valence-electron chi connectivity index (χ3n) is 4.33. The minimum absolute atomic E-state index is 0.159. The van der Waals surface area contributed by atoms with Crippen LogP contribution in [-0.2, 0) is 16.0 Å². The summed E-state index contributed by atoms with van der Waals surface area (Å²) in [7, 11) is 0. The number of Topliss-reactive ketones (excluding diaryl/α,β-unsaturated/α-hetero) is 1. The molecule has 0 aliphatic carbocycles. The van der Waals surface area contributed by atoms with Crippen LogP contribution < -0.4 is 5.32 Å². The Labute approximate surface area is 148 Å². The Bertz CT molecular complexity index is 729. The lowest BCUT2D eigenvalue weighted by Gasteiger charge is -2.07. The fourth-order valence-electron chi connectivity index (χ4n) is 2.73. The summed E-state index contributed by atoms with van der Waals surface area (Å²) in [5.41, 5.74) is 1.78. The first-order chi connectivity index (χ1) is 11.9. The number of amides is 1. The third kappa shape index (κ3) is 4.92. The van der Waals surface area contributed by atoms with Crippen LogP contribution in [0, 0.1) is 5.92 Å². The fourth-order valence-corrected chi connectivity index (χ4v) is 2.73. The van der Waals surface area contributed by atoms with Crippen molar-refractivity contribution in [1.82, 2.24) is 5.32 Å². The van der Waals surface area contributed by atoms with Crippen LogP contribution in [0.4, 0.5) is 0 Å². The van der Waals surface area contributed by atoms with E-state index in [9.17, 15) is 14.7 Å². The lowest BCUT2D eigenvalue weighted by Crippen LogP contribution is -2.31. The molecule has 1 amide bonds. The van der Waals surface area contributed by atoms with E-state index in [1.165, 1.54) is 6.08 Å². The van der Waals surface area contributed by atoms with Gasteiger partial charge < -0.3 is 10.4 Å². The number of aliphatic hydroxyl groups excluding tert-OH is 1. The summed E-state index contributed by atoms with van der Waals surface area (Å²) < 4.78 is 0. The molecule has 0 aromatic heterocycles. The zero-order valence-electron chi connectivity index (χ0n) is 15.0. The van der Waals surface area contributed by atoms with E-state index < -0.39 is 11.9 Å². The summed E-state index contributed by atoms with van der Waals surface area (Å²) in [6.07, 6.45) is 6.67. The first kappa shape index (κ1) is 18.7. The van der Waals surface area contributed by atoms with E-state index >= 15 is 0 Å². The molecule has 0 bridgehead atoms. The zero-order valence-corrected chi connectivity index (χ0v) is 15.0. The van der Waals surface area contributed by atoms with Gasteiger partial charge in [0, 0.05) is 6.42 Å². The van der Waals surface area contributed by atoms with Crippen LogP contribution in [0.25, 0.3) is 0 Å². The van der Waals surface area contributed by atoms with Crippen LogP contribution >= 0.6 is 0 Å².